The van der Waals surface area contributed by atoms with Crippen molar-refractivity contribution in [2.75, 3.05) is 0 Å². The summed E-state index contributed by atoms with van der Waals surface area (Å²) in [6.45, 7) is 0. The fourth-order valence-electron chi connectivity index (χ4n) is 1.08. The molecule has 0 aliphatic heterocycles. The van der Waals surface area contributed by atoms with Crippen molar-refractivity contribution in [3.05, 3.63) is 28.5 Å². The second-order valence-corrected chi connectivity index (χ2v) is 5.66. The van der Waals surface area contributed by atoms with Crippen LogP contribution in [0.25, 0.3) is 0 Å². The lowest BCUT2D eigenvalue weighted by Crippen LogP contribution is -1.97. The average Bonchev–Trinajstić information content (AvgIpc) is 2.91. The summed E-state index contributed by atoms with van der Waals surface area (Å²) < 4.78 is 24.9. The molecular formula is C9H8BrFOS. The zero-order chi connectivity index (χ0) is 9.42. The third kappa shape index (κ3) is 1.99. The Balaban J connectivity index is 2.30. The molecule has 13 heavy (non-hydrogen) atoms. The number of rotatable bonds is 2. The topological polar surface area (TPSA) is 17.1 Å². The summed E-state index contributed by atoms with van der Waals surface area (Å²) in [7, 11) is -0.939. The highest BCUT2D eigenvalue weighted by molar-refractivity contribution is 9.10. The quantitative estimate of drug-likeness (QED) is 0.801. The van der Waals surface area contributed by atoms with Crippen molar-refractivity contribution in [1.82, 2.24) is 0 Å². The van der Waals surface area contributed by atoms with Gasteiger partial charge in [-0.15, -0.1) is 0 Å². The SMILES string of the molecule is O=S(c1ccc(F)c(Br)c1)C1CC1. The third-order valence-corrected chi connectivity index (χ3v) is 4.35. The molecule has 1 fully saturated rings. The summed E-state index contributed by atoms with van der Waals surface area (Å²) in [5, 5.41) is 0.303. The Bertz CT molecular complexity index is 363. The van der Waals surface area contributed by atoms with Crippen molar-refractivity contribution in [1.29, 1.82) is 0 Å². The van der Waals surface area contributed by atoms with Gasteiger partial charge in [-0.1, -0.05) is 0 Å². The van der Waals surface area contributed by atoms with Gasteiger partial charge in [-0.2, -0.15) is 0 Å². The normalized spacial score (nSPS) is 18.6. The molecule has 0 radical (unpaired) electrons. The molecule has 70 valence electrons. The molecular weight excluding hydrogens is 255 g/mol. The standard InChI is InChI=1S/C9H8BrFOS/c10-8-5-7(3-4-9(8)11)13(12)6-1-2-6/h3-6H,1-2H2. The number of benzene rings is 1. The van der Waals surface area contributed by atoms with E-state index in [-0.39, 0.29) is 5.82 Å². The first-order valence-corrected chi connectivity index (χ1v) is 6.04. The molecule has 1 unspecified atom stereocenters. The summed E-state index contributed by atoms with van der Waals surface area (Å²) in [5.74, 6) is -0.309. The summed E-state index contributed by atoms with van der Waals surface area (Å²) in [6.07, 6.45) is 2.06. The van der Waals surface area contributed by atoms with Crippen molar-refractivity contribution < 1.29 is 8.60 Å². The molecule has 0 aromatic heterocycles. The van der Waals surface area contributed by atoms with Crippen LogP contribution in [-0.2, 0) is 10.8 Å². The van der Waals surface area contributed by atoms with E-state index in [0.717, 1.165) is 17.7 Å². The molecule has 1 nitrogen and oxygen atoms in total. The van der Waals surface area contributed by atoms with Gasteiger partial charge in [0.1, 0.15) is 5.82 Å². The molecule has 1 aromatic carbocycles. The molecule has 0 spiro atoms. The van der Waals surface area contributed by atoms with Crippen molar-refractivity contribution >= 4 is 26.7 Å². The van der Waals surface area contributed by atoms with Crippen LogP contribution in [0.4, 0.5) is 4.39 Å². The van der Waals surface area contributed by atoms with Crippen LogP contribution in [0.2, 0.25) is 0 Å². The van der Waals surface area contributed by atoms with Crippen LogP contribution in [0.3, 0.4) is 0 Å². The van der Waals surface area contributed by atoms with Gasteiger partial charge in [-0.05, 0) is 47.0 Å². The minimum Gasteiger partial charge on any atom is -0.254 e. The Kier molecular flexibility index (Phi) is 2.51. The van der Waals surface area contributed by atoms with Crippen molar-refractivity contribution in [3.63, 3.8) is 0 Å². The summed E-state index contributed by atoms with van der Waals surface area (Å²) in [6, 6.07) is 4.54. The summed E-state index contributed by atoms with van der Waals surface area (Å²) in [5.41, 5.74) is 0. The molecule has 1 aliphatic rings. The van der Waals surface area contributed by atoms with Crippen molar-refractivity contribution in [2.45, 2.75) is 23.0 Å². The minimum absolute atomic E-state index is 0.303. The lowest BCUT2D eigenvalue weighted by atomic mass is 10.3. The molecule has 1 aromatic rings. The maximum atomic E-state index is 12.8. The lowest BCUT2D eigenvalue weighted by molar-refractivity contribution is 0.619. The van der Waals surface area contributed by atoms with Gasteiger partial charge < -0.3 is 0 Å². The monoisotopic (exact) mass is 262 g/mol. The molecule has 1 atom stereocenters. The number of hydrogen-bond donors (Lipinski definition) is 0. The highest BCUT2D eigenvalue weighted by Crippen LogP contribution is 2.31. The highest BCUT2D eigenvalue weighted by atomic mass is 79.9. The molecule has 0 amide bonds. The number of halogens is 2. The van der Waals surface area contributed by atoms with Crippen molar-refractivity contribution in [2.24, 2.45) is 0 Å². The predicted octanol–water partition coefficient (Wildman–Crippen LogP) is 2.86. The smallest absolute Gasteiger partial charge is 0.137 e. The van der Waals surface area contributed by atoms with Gasteiger partial charge in [0.15, 0.2) is 0 Å². The van der Waals surface area contributed by atoms with E-state index in [2.05, 4.69) is 15.9 Å². The largest absolute Gasteiger partial charge is 0.254 e. The number of hydrogen-bond acceptors (Lipinski definition) is 1. The first-order chi connectivity index (χ1) is 6.18. The van der Waals surface area contributed by atoms with Crippen LogP contribution >= 0.6 is 15.9 Å². The highest BCUT2D eigenvalue weighted by Gasteiger charge is 2.29. The zero-order valence-corrected chi connectivity index (χ0v) is 9.20. The van der Waals surface area contributed by atoms with Crippen LogP contribution in [0.15, 0.2) is 27.6 Å². The van der Waals surface area contributed by atoms with Gasteiger partial charge in [-0.25, -0.2) is 4.39 Å². The maximum Gasteiger partial charge on any atom is 0.137 e. The average molecular weight is 263 g/mol. The van der Waals surface area contributed by atoms with Crippen LogP contribution in [0, 0.1) is 5.82 Å². The van der Waals surface area contributed by atoms with Crippen LogP contribution in [-0.4, -0.2) is 9.46 Å². The maximum absolute atomic E-state index is 12.8. The van der Waals surface area contributed by atoms with E-state index in [9.17, 15) is 8.60 Å². The van der Waals surface area contributed by atoms with Gasteiger partial charge in [0, 0.05) is 10.1 Å². The van der Waals surface area contributed by atoms with Gasteiger partial charge in [0.2, 0.25) is 0 Å². The second-order valence-electron chi connectivity index (χ2n) is 3.07. The van der Waals surface area contributed by atoms with Gasteiger partial charge in [-0.3, -0.25) is 4.21 Å². The van der Waals surface area contributed by atoms with Gasteiger partial charge in [0.05, 0.1) is 15.3 Å². The van der Waals surface area contributed by atoms with Crippen molar-refractivity contribution in [3.8, 4) is 0 Å². The molecule has 1 saturated carbocycles. The third-order valence-electron chi connectivity index (χ3n) is 1.95. The summed E-state index contributed by atoms with van der Waals surface area (Å²) >= 11 is 3.07. The Morgan fingerprint density at radius 1 is 1.46 bits per heavy atom. The van der Waals surface area contributed by atoms with Gasteiger partial charge in [0.25, 0.3) is 0 Å². The Morgan fingerprint density at radius 2 is 2.15 bits per heavy atom. The lowest BCUT2D eigenvalue weighted by Gasteiger charge is -2.00. The molecule has 2 rings (SSSR count). The Labute approximate surface area is 86.9 Å². The molecule has 0 saturated heterocycles. The Morgan fingerprint density at radius 3 is 2.69 bits per heavy atom. The van der Waals surface area contributed by atoms with E-state index in [1.807, 2.05) is 0 Å². The van der Waals surface area contributed by atoms with E-state index in [1.54, 1.807) is 12.1 Å². The second kappa shape index (κ2) is 3.50. The van der Waals surface area contributed by atoms with Crippen LogP contribution in [0.5, 0.6) is 0 Å². The van der Waals surface area contributed by atoms with E-state index in [1.165, 1.54) is 6.07 Å². The van der Waals surface area contributed by atoms with E-state index >= 15 is 0 Å². The fourth-order valence-corrected chi connectivity index (χ4v) is 2.99. The fraction of sp³-hybridized carbons (Fsp3) is 0.333. The molecule has 0 heterocycles. The molecule has 0 N–H and O–H groups in total. The molecule has 0 bridgehead atoms. The Hall–Kier alpha value is -0.220. The van der Waals surface area contributed by atoms with Crippen LogP contribution < -0.4 is 0 Å². The summed E-state index contributed by atoms with van der Waals surface area (Å²) in [4.78, 5) is 0.718. The predicted molar refractivity (Wildman–Crippen MR) is 53.5 cm³/mol. The molecule has 1 aliphatic carbocycles. The van der Waals surface area contributed by atoms with Crippen LogP contribution in [0.1, 0.15) is 12.8 Å². The van der Waals surface area contributed by atoms with Gasteiger partial charge >= 0.3 is 0 Å². The van der Waals surface area contributed by atoms with E-state index in [0.29, 0.717) is 9.72 Å². The van der Waals surface area contributed by atoms with E-state index < -0.39 is 10.8 Å². The molecule has 4 heteroatoms. The zero-order valence-electron chi connectivity index (χ0n) is 6.80. The minimum atomic E-state index is -0.939. The first-order valence-electron chi connectivity index (χ1n) is 4.04. The first kappa shape index (κ1) is 9.34. The van der Waals surface area contributed by atoms with E-state index in [4.69, 9.17) is 0 Å².